The summed E-state index contributed by atoms with van der Waals surface area (Å²) in [6.07, 6.45) is 6.23. The van der Waals surface area contributed by atoms with Gasteiger partial charge in [0.1, 0.15) is 0 Å². The summed E-state index contributed by atoms with van der Waals surface area (Å²) in [6, 6.07) is 5.63. The molecule has 0 amide bonds. The Kier molecular flexibility index (Phi) is 8.75. The van der Waals surface area contributed by atoms with E-state index < -0.39 is 11.7 Å². The molecule has 1 radical (unpaired) electrons. The molecule has 179 valence electrons. The van der Waals surface area contributed by atoms with Crippen molar-refractivity contribution in [3.05, 3.63) is 54.3 Å². The average molecular weight is 480 g/mol. The number of unbranched alkanes of at least 4 members (excludes halogenated alkanes) is 3. The number of nitrogens with zero attached hydrogens (tertiary/aromatic N) is 4. The van der Waals surface area contributed by atoms with Gasteiger partial charge in [-0.3, -0.25) is 9.67 Å². The summed E-state index contributed by atoms with van der Waals surface area (Å²) >= 11 is 1.67. The summed E-state index contributed by atoms with van der Waals surface area (Å²) in [5.74, 6) is 0.915. The molecule has 9 heteroatoms. The summed E-state index contributed by atoms with van der Waals surface area (Å²) in [4.78, 5) is 5.08. The largest absolute Gasteiger partial charge is 0.416 e. The fraction of sp³-hybridized carbons (Fsp3) is 0.500. The van der Waals surface area contributed by atoms with Gasteiger partial charge in [-0.1, -0.05) is 24.1 Å². The van der Waals surface area contributed by atoms with Gasteiger partial charge in [0.15, 0.2) is 0 Å². The molecule has 3 aromatic rings. The number of thioether (sulfide) groups is 1. The second-order valence-electron chi connectivity index (χ2n) is 8.58. The van der Waals surface area contributed by atoms with Gasteiger partial charge in [-0.2, -0.15) is 13.2 Å². The van der Waals surface area contributed by atoms with Gasteiger partial charge in [0.25, 0.3) is 0 Å². The van der Waals surface area contributed by atoms with E-state index in [4.69, 9.17) is 4.74 Å². The van der Waals surface area contributed by atoms with Crippen LogP contribution in [0.1, 0.15) is 57.2 Å². The smallest absolute Gasteiger partial charge is 0.379 e. The van der Waals surface area contributed by atoms with E-state index in [2.05, 4.69) is 15.3 Å². The Labute approximate surface area is 197 Å². The van der Waals surface area contributed by atoms with Crippen molar-refractivity contribution in [2.75, 3.05) is 12.9 Å². The fourth-order valence-electron chi connectivity index (χ4n) is 3.29. The molecular formula is C24H30F3N4OS. The highest BCUT2D eigenvalue weighted by Crippen LogP contribution is 2.34. The Bertz CT molecular complexity index is 1040. The Morgan fingerprint density at radius 1 is 1.09 bits per heavy atom. The van der Waals surface area contributed by atoms with E-state index in [1.807, 2.05) is 37.2 Å². The number of pyridine rings is 1. The molecule has 0 fully saturated rings. The molecule has 0 spiro atoms. The van der Waals surface area contributed by atoms with Crippen LogP contribution >= 0.6 is 11.8 Å². The van der Waals surface area contributed by atoms with Crippen LogP contribution in [0.5, 0.6) is 0 Å². The van der Waals surface area contributed by atoms with Crippen LogP contribution in [0, 0.1) is 6.42 Å². The molecule has 0 N–H and O–H groups in total. The van der Waals surface area contributed by atoms with Gasteiger partial charge < -0.3 is 4.74 Å². The molecule has 0 aliphatic rings. The minimum atomic E-state index is -4.36. The van der Waals surface area contributed by atoms with Crippen LogP contribution in [-0.4, -0.2) is 38.4 Å². The highest BCUT2D eigenvalue weighted by Gasteiger charge is 2.30. The molecule has 2 aromatic heterocycles. The number of alkyl halides is 3. The van der Waals surface area contributed by atoms with Crippen molar-refractivity contribution in [3.63, 3.8) is 0 Å². The summed E-state index contributed by atoms with van der Waals surface area (Å²) in [5, 5.41) is 9.14. The minimum Gasteiger partial charge on any atom is -0.379 e. The second-order valence-corrected chi connectivity index (χ2v) is 9.72. The van der Waals surface area contributed by atoms with Gasteiger partial charge in [0.2, 0.25) is 0 Å². The highest BCUT2D eigenvalue weighted by molar-refractivity contribution is 7.99. The summed E-state index contributed by atoms with van der Waals surface area (Å²) in [6.45, 7) is 4.90. The fourth-order valence-corrected chi connectivity index (χ4v) is 4.34. The number of hydrogen-bond donors (Lipinski definition) is 0. The molecule has 0 atom stereocenters. The predicted octanol–water partition coefficient (Wildman–Crippen LogP) is 6.57. The monoisotopic (exact) mass is 479 g/mol. The third-order valence-corrected chi connectivity index (χ3v) is 6.64. The lowest BCUT2D eigenvalue weighted by Crippen LogP contribution is -2.22. The number of ether oxygens (including phenoxy) is 1. The maximum absolute atomic E-state index is 12.9. The van der Waals surface area contributed by atoms with E-state index in [1.54, 1.807) is 25.1 Å². The first kappa shape index (κ1) is 25.5. The van der Waals surface area contributed by atoms with E-state index in [9.17, 15) is 13.2 Å². The number of rotatable bonds is 12. The van der Waals surface area contributed by atoms with Gasteiger partial charge >= 0.3 is 6.18 Å². The molecule has 0 saturated heterocycles. The number of fused-ring (bicyclic) bond motifs is 1. The summed E-state index contributed by atoms with van der Waals surface area (Å²) < 4.78 is 46.0. The minimum absolute atomic E-state index is 0.212. The molecule has 0 unspecified atom stereocenters. The number of aromatic nitrogens is 4. The molecule has 2 heterocycles. The first-order chi connectivity index (χ1) is 15.7. The van der Waals surface area contributed by atoms with Gasteiger partial charge in [0, 0.05) is 42.8 Å². The van der Waals surface area contributed by atoms with Crippen molar-refractivity contribution in [1.82, 2.24) is 20.0 Å². The van der Waals surface area contributed by atoms with Crippen LogP contribution in [0.4, 0.5) is 13.2 Å². The quantitative estimate of drug-likeness (QED) is 0.217. The number of benzene rings is 1. The molecule has 0 bridgehead atoms. The Balaban J connectivity index is 1.36. The van der Waals surface area contributed by atoms with E-state index in [-0.39, 0.29) is 5.60 Å². The van der Waals surface area contributed by atoms with Crippen molar-refractivity contribution in [3.8, 4) is 0 Å². The van der Waals surface area contributed by atoms with Crippen LogP contribution in [0.15, 0.2) is 41.6 Å². The summed E-state index contributed by atoms with van der Waals surface area (Å²) in [5.41, 5.74) is 0.366. The van der Waals surface area contributed by atoms with Crippen molar-refractivity contribution in [2.24, 2.45) is 0 Å². The molecule has 33 heavy (non-hydrogen) atoms. The van der Waals surface area contributed by atoms with Crippen LogP contribution in [0.3, 0.4) is 0 Å². The molecule has 3 rings (SSSR count). The van der Waals surface area contributed by atoms with E-state index in [0.29, 0.717) is 5.52 Å². The maximum atomic E-state index is 12.9. The first-order valence-corrected chi connectivity index (χ1v) is 12.0. The molecule has 0 aliphatic carbocycles. The van der Waals surface area contributed by atoms with Crippen LogP contribution in [0.2, 0.25) is 0 Å². The van der Waals surface area contributed by atoms with Gasteiger partial charge in [0.05, 0.1) is 22.4 Å². The highest BCUT2D eigenvalue weighted by atomic mass is 32.2. The Morgan fingerprint density at radius 3 is 2.64 bits per heavy atom. The van der Waals surface area contributed by atoms with E-state index in [1.165, 1.54) is 6.07 Å². The second kappa shape index (κ2) is 11.3. The Morgan fingerprint density at radius 2 is 1.88 bits per heavy atom. The molecule has 1 aromatic carbocycles. The predicted molar refractivity (Wildman–Crippen MR) is 125 cm³/mol. The van der Waals surface area contributed by atoms with E-state index in [0.717, 1.165) is 72.5 Å². The molecule has 0 saturated carbocycles. The maximum Gasteiger partial charge on any atom is 0.416 e. The SMILES string of the molecule is COC(C)(C)C[CH]c1cn(CCCCCCSc2ccnc3cc(C(F)(F)F)ccc23)nn1. The zero-order chi connectivity index (χ0) is 23.9. The lowest BCUT2D eigenvalue weighted by molar-refractivity contribution is -0.137. The number of hydrogen-bond acceptors (Lipinski definition) is 5. The van der Waals surface area contributed by atoms with Crippen molar-refractivity contribution >= 4 is 22.7 Å². The van der Waals surface area contributed by atoms with Gasteiger partial charge in [-0.05, 0) is 57.1 Å². The van der Waals surface area contributed by atoms with Crippen molar-refractivity contribution < 1.29 is 17.9 Å². The average Bonchev–Trinajstić information content (AvgIpc) is 3.24. The number of halogens is 3. The number of methoxy groups -OCH3 is 1. The Hall–Kier alpha value is -2.13. The molecule has 0 aliphatic heterocycles. The zero-order valence-electron chi connectivity index (χ0n) is 19.2. The summed E-state index contributed by atoms with van der Waals surface area (Å²) in [7, 11) is 1.70. The molecular weight excluding hydrogens is 449 g/mol. The van der Waals surface area contributed by atoms with Gasteiger partial charge in [-0.15, -0.1) is 16.9 Å². The van der Waals surface area contributed by atoms with Crippen molar-refractivity contribution in [2.45, 2.75) is 69.2 Å². The first-order valence-electron chi connectivity index (χ1n) is 11.1. The third-order valence-electron chi connectivity index (χ3n) is 5.48. The van der Waals surface area contributed by atoms with Crippen LogP contribution in [0.25, 0.3) is 10.9 Å². The van der Waals surface area contributed by atoms with Gasteiger partial charge in [-0.25, -0.2) is 0 Å². The normalized spacial score (nSPS) is 12.5. The molecule has 5 nitrogen and oxygen atoms in total. The van der Waals surface area contributed by atoms with Crippen LogP contribution < -0.4 is 0 Å². The third kappa shape index (κ3) is 7.71. The topological polar surface area (TPSA) is 52.8 Å². The lowest BCUT2D eigenvalue weighted by atomic mass is 10.0. The van der Waals surface area contributed by atoms with Crippen LogP contribution in [-0.2, 0) is 17.5 Å². The van der Waals surface area contributed by atoms with E-state index >= 15 is 0 Å². The number of aryl methyl sites for hydroxylation is 1. The zero-order valence-corrected chi connectivity index (χ0v) is 20.0. The standard InChI is InChI=1S/C24H30F3N4OS/c1-23(2,32-3)12-10-19-17-31(30-29-19)14-6-4-5-7-15-33-22-11-13-28-21-16-18(24(25,26)27)8-9-20(21)22/h8-11,13,16-17H,4-7,12,14-15H2,1-3H3. The lowest BCUT2D eigenvalue weighted by Gasteiger charge is -2.21. The van der Waals surface area contributed by atoms with Crippen molar-refractivity contribution in [1.29, 1.82) is 0 Å².